The number of carbonyl (C=O) groups excluding carboxylic acids is 1. The summed E-state index contributed by atoms with van der Waals surface area (Å²) in [5.74, 6) is 0.468. The van der Waals surface area contributed by atoms with Crippen molar-refractivity contribution < 1.29 is 19.0 Å². The summed E-state index contributed by atoms with van der Waals surface area (Å²) < 4.78 is 17.9. The zero-order valence-electron chi connectivity index (χ0n) is 12.2. The second-order valence-corrected chi connectivity index (χ2v) is 4.62. The van der Waals surface area contributed by atoms with Gasteiger partial charge in [0.15, 0.2) is 6.23 Å². The number of carbonyl (C=O) groups is 1. The van der Waals surface area contributed by atoms with Gasteiger partial charge < -0.3 is 24.3 Å². The van der Waals surface area contributed by atoms with Crippen LogP contribution in [0.1, 0.15) is 12.6 Å². The zero-order chi connectivity index (χ0) is 15.4. The van der Waals surface area contributed by atoms with Gasteiger partial charge in [0.25, 0.3) is 0 Å². The van der Waals surface area contributed by atoms with Crippen molar-refractivity contribution >= 4 is 12.1 Å². The van der Waals surface area contributed by atoms with Gasteiger partial charge in [0, 0.05) is 33.9 Å². The Morgan fingerprint density at radius 2 is 2.14 bits per heavy atom. The molecule has 0 spiro atoms. The number of methoxy groups -OCH3 is 2. The van der Waals surface area contributed by atoms with Crippen LogP contribution in [0.4, 0.5) is 5.82 Å². The first kappa shape index (κ1) is 15.6. The minimum atomic E-state index is -0.684. The van der Waals surface area contributed by atoms with Crippen LogP contribution in [0.25, 0.3) is 0 Å². The van der Waals surface area contributed by atoms with Crippen LogP contribution in [-0.4, -0.2) is 55.4 Å². The second-order valence-electron chi connectivity index (χ2n) is 4.62. The Morgan fingerprint density at radius 1 is 1.43 bits per heavy atom. The third-order valence-corrected chi connectivity index (χ3v) is 3.52. The molecule has 0 radical (unpaired) electrons. The molecule has 0 amide bonds. The van der Waals surface area contributed by atoms with Crippen molar-refractivity contribution in [2.45, 2.75) is 31.0 Å². The highest BCUT2D eigenvalue weighted by Crippen LogP contribution is 2.33. The summed E-state index contributed by atoms with van der Waals surface area (Å²) in [6, 6.07) is 1.66. The average Bonchev–Trinajstić information content (AvgIpc) is 2.84. The molecular weight excluding hydrogens is 278 g/mol. The van der Waals surface area contributed by atoms with Crippen LogP contribution in [0.5, 0.6) is 0 Å². The fourth-order valence-corrected chi connectivity index (χ4v) is 2.50. The molecule has 0 aromatic carbocycles. The third-order valence-electron chi connectivity index (χ3n) is 3.52. The third kappa shape index (κ3) is 2.97. The van der Waals surface area contributed by atoms with E-state index in [2.05, 4.69) is 10.3 Å². The van der Waals surface area contributed by atoms with Crippen molar-refractivity contribution in [2.24, 2.45) is 0 Å². The number of ether oxygens (including phenoxy) is 3. The van der Waals surface area contributed by atoms with E-state index in [9.17, 15) is 9.59 Å². The molecule has 1 saturated heterocycles. The molecule has 4 atom stereocenters. The molecule has 1 N–H and O–H groups in total. The van der Waals surface area contributed by atoms with Crippen molar-refractivity contribution in [1.82, 2.24) is 9.55 Å². The van der Waals surface area contributed by atoms with Crippen LogP contribution >= 0.6 is 0 Å². The first-order chi connectivity index (χ1) is 10.2. The molecule has 0 aliphatic carbocycles. The van der Waals surface area contributed by atoms with E-state index >= 15 is 0 Å². The summed E-state index contributed by atoms with van der Waals surface area (Å²) in [6.07, 6.45) is 0.436. The predicted molar refractivity (Wildman–Crippen MR) is 74.2 cm³/mol. The Hall–Kier alpha value is -1.77. The number of aromatic nitrogens is 2. The van der Waals surface area contributed by atoms with Gasteiger partial charge in [-0.2, -0.15) is 4.98 Å². The molecule has 2 heterocycles. The molecule has 1 aromatic rings. The quantitative estimate of drug-likeness (QED) is 0.727. The highest BCUT2D eigenvalue weighted by Gasteiger charge is 2.46. The van der Waals surface area contributed by atoms with Crippen LogP contribution < -0.4 is 11.0 Å². The summed E-state index contributed by atoms with van der Waals surface area (Å²) in [4.78, 5) is 26.7. The molecule has 1 aliphatic heterocycles. The normalized spacial score (nSPS) is 28.5. The number of anilines is 1. The molecule has 0 saturated carbocycles. The molecule has 1 fully saturated rings. The van der Waals surface area contributed by atoms with Crippen molar-refractivity contribution in [3.8, 4) is 0 Å². The van der Waals surface area contributed by atoms with Crippen molar-refractivity contribution in [1.29, 1.82) is 0 Å². The number of hydrogen-bond acceptors (Lipinski definition) is 7. The van der Waals surface area contributed by atoms with Crippen LogP contribution in [0, 0.1) is 0 Å². The van der Waals surface area contributed by atoms with Gasteiger partial charge in [0.1, 0.15) is 24.3 Å². The maximum atomic E-state index is 12.1. The summed E-state index contributed by atoms with van der Waals surface area (Å²) >= 11 is 0. The molecule has 116 valence electrons. The van der Waals surface area contributed by atoms with Crippen LogP contribution in [0.2, 0.25) is 0 Å². The predicted octanol–water partition coefficient (Wildman–Crippen LogP) is -0.199. The van der Waals surface area contributed by atoms with Gasteiger partial charge in [0.2, 0.25) is 0 Å². The lowest BCUT2D eigenvalue weighted by atomic mass is 10.1. The molecule has 8 nitrogen and oxygen atoms in total. The second kappa shape index (κ2) is 6.79. The highest BCUT2D eigenvalue weighted by atomic mass is 16.6. The molecule has 21 heavy (non-hydrogen) atoms. The van der Waals surface area contributed by atoms with Gasteiger partial charge in [-0.25, -0.2) is 4.79 Å². The van der Waals surface area contributed by atoms with E-state index in [1.165, 1.54) is 18.8 Å². The summed E-state index contributed by atoms with van der Waals surface area (Å²) in [5, 5.41) is 2.79. The van der Waals surface area contributed by atoms with E-state index in [0.717, 1.165) is 6.29 Å². The topological polar surface area (TPSA) is 91.7 Å². The Balaban J connectivity index is 2.33. The number of rotatable bonds is 6. The zero-order valence-corrected chi connectivity index (χ0v) is 12.2. The SMILES string of the molecule is CNc1ccn([C@@H]2O[C@H](CC=O)C(OC)C2OC)c(=O)n1. The monoisotopic (exact) mass is 297 g/mol. The summed E-state index contributed by atoms with van der Waals surface area (Å²) in [6.45, 7) is 0. The summed E-state index contributed by atoms with van der Waals surface area (Å²) in [5.41, 5.74) is -0.462. The number of hydrogen-bond donors (Lipinski definition) is 1. The largest absolute Gasteiger partial charge is 0.376 e. The van der Waals surface area contributed by atoms with Crippen LogP contribution in [-0.2, 0) is 19.0 Å². The lowest BCUT2D eigenvalue weighted by Gasteiger charge is -2.22. The lowest BCUT2D eigenvalue weighted by molar-refractivity contribution is -0.112. The standard InChI is InChI=1S/C13H19N3O5/c1-14-9-4-6-16(13(18)15-9)12-11(20-3)10(19-2)8(21-12)5-7-17/h4,6-8,10-12H,5H2,1-3H3,(H,14,15,18)/t8-,10?,11?,12-/m1/s1. The smallest absolute Gasteiger partial charge is 0.351 e. The van der Waals surface area contributed by atoms with Gasteiger partial charge in [0.05, 0.1) is 6.10 Å². The number of aldehydes is 1. The minimum absolute atomic E-state index is 0.172. The van der Waals surface area contributed by atoms with E-state index in [0.29, 0.717) is 5.82 Å². The lowest BCUT2D eigenvalue weighted by Crippen LogP contribution is -2.38. The highest BCUT2D eigenvalue weighted by molar-refractivity contribution is 5.50. The molecule has 2 unspecified atom stereocenters. The number of nitrogens with zero attached hydrogens (tertiary/aromatic N) is 2. The number of nitrogens with one attached hydrogen (secondary N) is 1. The van der Waals surface area contributed by atoms with E-state index in [-0.39, 0.29) is 6.42 Å². The van der Waals surface area contributed by atoms with E-state index in [1.54, 1.807) is 19.3 Å². The van der Waals surface area contributed by atoms with Crippen LogP contribution in [0.3, 0.4) is 0 Å². The maximum absolute atomic E-state index is 12.1. The molecule has 1 aliphatic rings. The molecule has 1 aromatic heterocycles. The Morgan fingerprint density at radius 3 is 2.67 bits per heavy atom. The van der Waals surface area contributed by atoms with Gasteiger partial charge in [-0.05, 0) is 6.07 Å². The first-order valence-electron chi connectivity index (χ1n) is 6.57. The Kier molecular flexibility index (Phi) is 5.05. The average molecular weight is 297 g/mol. The van der Waals surface area contributed by atoms with Gasteiger partial charge in [-0.1, -0.05) is 0 Å². The Labute approximate surface area is 122 Å². The van der Waals surface area contributed by atoms with E-state index in [4.69, 9.17) is 14.2 Å². The Bertz CT molecular complexity index is 547. The van der Waals surface area contributed by atoms with Crippen molar-refractivity contribution in [2.75, 3.05) is 26.6 Å². The fourth-order valence-electron chi connectivity index (χ4n) is 2.50. The molecule has 0 bridgehead atoms. The van der Waals surface area contributed by atoms with Gasteiger partial charge in [-0.15, -0.1) is 0 Å². The van der Waals surface area contributed by atoms with Crippen molar-refractivity contribution in [3.05, 3.63) is 22.7 Å². The molecular formula is C13H19N3O5. The van der Waals surface area contributed by atoms with Gasteiger partial charge >= 0.3 is 5.69 Å². The summed E-state index contributed by atoms with van der Waals surface area (Å²) in [7, 11) is 4.71. The van der Waals surface area contributed by atoms with E-state index < -0.39 is 30.2 Å². The van der Waals surface area contributed by atoms with Crippen molar-refractivity contribution in [3.63, 3.8) is 0 Å². The molecule has 8 heteroatoms. The molecule has 2 rings (SSSR count). The minimum Gasteiger partial charge on any atom is -0.376 e. The maximum Gasteiger partial charge on any atom is 0.351 e. The van der Waals surface area contributed by atoms with E-state index in [1.807, 2.05) is 0 Å². The fraction of sp³-hybridized carbons (Fsp3) is 0.615. The first-order valence-corrected chi connectivity index (χ1v) is 6.57. The van der Waals surface area contributed by atoms with Gasteiger partial charge in [-0.3, -0.25) is 4.57 Å². The van der Waals surface area contributed by atoms with Crippen LogP contribution in [0.15, 0.2) is 17.1 Å².